The van der Waals surface area contributed by atoms with E-state index in [1.165, 1.54) is 48.5 Å². The molecule has 7 nitrogen and oxygen atoms in total. The van der Waals surface area contributed by atoms with Gasteiger partial charge in [0.25, 0.3) is 5.91 Å². The highest BCUT2D eigenvalue weighted by atomic mass is 19.1. The molecule has 8 heteroatoms. The number of ether oxygens (including phenoxy) is 1. The number of nitro benzene ring substituents is 1. The highest BCUT2D eigenvalue weighted by Crippen LogP contribution is 2.25. The molecule has 0 aliphatic rings. The summed E-state index contributed by atoms with van der Waals surface area (Å²) in [5.74, 6) is -1.14. The number of para-hydroxylation sites is 2. The summed E-state index contributed by atoms with van der Waals surface area (Å²) in [5, 5.41) is 22.4. The second kappa shape index (κ2) is 7.69. The van der Waals surface area contributed by atoms with Crippen molar-refractivity contribution in [3.05, 3.63) is 70.0 Å². The SMILES string of the molecule is N#C[C@@H](NC(=O)COc1ccccc1[N+](=O)[O-])c1ccc(F)cc1. The average molecular weight is 329 g/mol. The van der Waals surface area contributed by atoms with E-state index in [0.29, 0.717) is 5.56 Å². The Kier molecular flexibility index (Phi) is 5.41. The van der Waals surface area contributed by atoms with E-state index in [4.69, 9.17) is 10.00 Å². The number of amides is 1. The fraction of sp³-hybridized carbons (Fsp3) is 0.125. The van der Waals surface area contributed by atoms with Gasteiger partial charge in [0, 0.05) is 6.07 Å². The molecule has 0 fully saturated rings. The van der Waals surface area contributed by atoms with E-state index in [-0.39, 0.29) is 11.4 Å². The average Bonchev–Trinajstić information content (AvgIpc) is 2.59. The minimum Gasteiger partial charge on any atom is -0.477 e. The summed E-state index contributed by atoms with van der Waals surface area (Å²) in [4.78, 5) is 22.1. The van der Waals surface area contributed by atoms with E-state index < -0.39 is 29.3 Å². The Labute approximate surface area is 136 Å². The largest absolute Gasteiger partial charge is 0.477 e. The van der Waals surface area contributed by atoms with Crippen LogP contribution in [0.5, 0.6) is 5.75 Å². The van der Waals surface area contributed by atoms with Crippen molar-refractivity contribution in [3.63, 3.8) is 0 Å². The van der Waals surface area contributed by atoms with Crippen LogP contribution in [-0.2, 0) is 4.79 Å². The molecule has 1 atom stereocenters. The van der Waals surface area contributed by atoms with Gasteiger partial charge < -0.3 is 10.1 Å². The molecule has 1 amide bonds. The first-order valence-corrected chi connectivity index (χ1v) is 6.82. The highest BCUT2D eigenvalue weighted by Gasteiger charge is 2.17. The summed E-state index contributed by atoms with van der Waals surface area (Å²) in [6, 6.07) is 11.7. The Bertz CT molecular complexity index is 787. The maximum atomic E-state index is 12.9. The van der Waals surface area contributed by atoms with E-state index in [9.17, 15) is 19.3 Å². The van der Waals surface area contributed by atoms with Gasteiger partial charge in [-0.15, -0.1) is 0 Å². The molecule has 0 bridgehead atoms. The summed E-state index contributed by atoms with van der Waals surface area (Å²) < 4.78 is 18.0. The zero-order valence-electron chi connectivity index (χ0n) is 12.3. The third-order valence-electron chi connectivity index (χ3n) is 3.06. The lowest BCUT2D eigenvalue weighted by atomic mass is 10.1. The fourth-order valence-corrected chi connectivity index (χ4v) is 1.92. The van der Waals surface area contributed by atoms with Crippen LogP contribution in [-0.4, -0.2) is 17.4 Å². The molecule has 0 unspecified atom stereocenters. The number of hydrogen-bond donors (Lipinski definition) is 1. The molecule has 2 rings (SSSR count). The third kappa shape index (κ3) is 4.27. The molecule has 0 saturated carbocycles. The van der Waals surface area contributed by atoms with Gasteiger partial charge in [0.2, 0.25) is 0 Å². The highest BCUT2D eigenvalue weighted by molar-refractivity contribution is 5.78. The maximum Gasteiger partial charge on any atom is 0.310 e. The van der Waals surface area contributed by atoms with E-state index in [0.717, 1.165) is 0 Å². The van der Waals surface area contributed by atoms with Crippen molar-refractivity contribution >= 4 is 11.6 Å². The van der Waals surface area contributed by atoms with Crippen LogP contribution in [0.2, 0.25) is 0 Å². The molecule has 122 valence electrons. The lowest BCUT2D eigenvalue weighted by molar-refractivity contribution is -0.385. The molecule has 0 heterocycles. The van der Waals surface area contributed by atoms with Gasteiger partial charge in [-0.05, 0) is 23.8 Å². The zero-order chi connectivity index (χ0) is 17.5. The number of benzene rings is 2. The molecule has 0 spiro atoms. The van der Waals surface area contributed by atoms with Crippen LogP contribution >= 0.6 is 0 Å². The minimum absolute atomic E-state index is 0.0482. The second-order valence-corrected chi connectivity index (χ2v) is 4.69. The number of halogens is 1. The Hall–Kier alpha value is -3.47. The van der Waals surface area contributed by atoms with Crippen molar-refractivity contribution in [1.82, 2.24) is 5.32 Å². The van der Waals surface area contributed by atoms with Crippen molar-refractivity contribution in [2.45, 2.75) is 6.04 Å². The molecule has 0 aliphatic carbocycles. The molecule has 24 heavy (non-hydrogen) atoms. The summed E-state index contributed by atoms with van der Waals surface area (Å²) in [5.41, 5.74) is 0.151. The van der Waals surface area contributed by atoms with Gasteiger partial charge >= 0.3 is 5.69 Å². The van der Waals surface area contributed by atoms with E-state index >= 15 is 0 Å². The van der Waals surface area contributed by atoms with Crippen LogP contribution in [0.15, 0.2) is 48.5 Å². The summed E-state index contributed by atoms with van der Waals surface area (Å²) in [7, 11) is 0. The smallest absolute Gasteiger partial charge is 0.310 e. The Balaban J connectivity index is 1.99. The van der Waals surface area contributed by atoms with Gasteiger partial charge in [-0.25, -0.2) is 4.39 Å². The predicted octanol–water partition coefficient (Wildman–Crippen LogP) is 2.49. The van der Waals surface area contributed by atoms with E-state index in [2.05, 4.69) is 5.32 Å². The van der Waals surface area contributed by atoms with Crippen LogP contribution in [0.25, 0.3) is 0 Å². The number of nitriles is 1. The fourth-order valence-electron chi connectivity index (χ4n) is 1.92. The number of nitro groups is 1. The molecule has 0 aromatic heterocycles. The number of carbonyl (C=O) groups is 1. The van der Waals surface area contributed by atoms with Crippen molar-refractivity contribution in [2.75, 3.05) is 6.61 Å². The van der Waals surface area contributed by atoms with Gasteiger partial charge in [0.05, 0.1) is 11.0 Å². The molecular formula is C16H12FN3O4. The molecule has 1 N–H and O–H groups in total. The second-order valence-electron chi connectivity index (χ2n) is 4.69. The van der Waals surface area contributed by atoms with E-state index in [1.54, 1.807) is 0 Å². The van der Waals surface area contributed by atoms with Crippen LogP contribution in [0.1, 0.15) is 11.6 Å². The van der Waals surface area contributed by atoms with Gasteiger partial charge in [0.1, 0.15) is 11.9 Å². The number of nitrogens with zero attached hydrogens (tertiary/aromatic N) is 2. The number of hydrogen-bond acceptors (Lipinski definition) is 5. The topological polar surface area (TPSA) is 105 Å². The van der Waals surface area contributed by atoms with Crippen LogP contribution in [0.4, 0.5) is 10.1 Å². The summed E-state index contributed by atoms with van der Waals surface area (Å²) in [6.45, 7) is -0.496. The molecular weight excluding hydrogens is 317 g/mol. The van der Waals surface area contributed by atoms with Crippen LogP contribution in [0, 0.1) is 27.3 Å². The first-order chi connectivity index (χ1) is 11.5. The number of carbonyl (C=O) groups excluding carboxylic acids is 1. The van der Waals surface area contributed by atoms with Crippen molar-refractivity contribution in [1.29, 1.82) is 5.26 Å². The summed E-state index contributed by atoms with van der Waals surface area (Å²) in [6.07, 6.45) is 0. The van der Waals surface area contributed by atoms with Gasteiger partial charge in [0.15, 0.2) is 12.4 Å². The number of nitrogens with one attached hydrogen (secondary N) is 1. The molecule has 0 saturated heterocycles. The van der Waals surface area contributed by atoms with E-state index in [1.807, 2.05) is 6.07 Å². The first kappa shape index (κ1) is 16.9. The monoisotopic (exact) mass is 329 g/mol. The molecule has 2 aromatic rings. The minimum atomic E-state index is -0.979. The van der Waals surface area contributed by atoms with Crippen LogP contribution < -0.4 is 10.1 Å². The van der Waals surface area contributed by atoms with Crippen LogP contribution in [0.3, 0.4) is 0 Å². The first-order valence-electron chi connectivity index (χ1n) is 6.82. The lowest BCUT2D eigenvalue weighted by Crippen LogP contribution is -2.32. The summed E-state index contributed by atoms with van der Waals surface area (Å²) >= 11 is 0. The number of rotatable bonds is 6. The molecule has 0 radical (unpaired) electrons. The maximum absolute atomic E-state index is 12.9. The standard InChI is InChI=1S/C16H12FN3O4/c17-12-7-5-11(6-8-12)13(9-18)19-16(21)10-24-15-4-2-1-3-14(15)20(22)23/h1-8,13H,10H2,(H,19,21)/t13-/m1/s1. The zero-order valence-corrected chi connectivity index (χ0v) is 12.3. The lowest BCUT2D eigenvalue weighted by Gasteiger charge is -2.12. The van der Waals surface area contributed by atoms with Crippen molar-refractivity contribution < 1.29 is 18.8 Å². The Morgan fingerprint density at radius 1 is 1.29 bits per heavy atom. The van der Waals surface area contributed by atoms with Gasteiger partial charge in [-0.1, -0.05) is 24.3 Å². The predicted molar refractivity (Wildman–Crippen MR) is 81.5 cm³/mol. The Morgan fingerprint density at radius 3 is 2.58 bits per heavy atom. The quantitative estimate of drug-likeness (QED) is 0.647. The van der Waals surface area contributed by atoms with Crippen molar-refractivity contribution in [3.8, 4) is 11.8 Å². The van der Waals surface area contributed by atoms with Gasteiger partial charge in [-0.3, -0.25) is 14.9 Å². The Morgan fingerprint density at radius 2 is 1.96 bits per heavy atom. The third-order valence-corrected chi connectivity index (χ3v) is 3.06. The van der Waals surface area contributed by atoms with Crippen molar-refractivity contribution in [2.24, 2.45) is 0 Å². The normalized spacial score (nSPS) is 11.2. The van der Waals surface area contributed by atoms with Gasteiger partial charge in [-0.2, -0.15) is 5.26 Å². The molecule has 2 aromatic carbocycles. The molecule has 0 aliphatic heterocycles.